The predicted molar refractivity (Wildman–Crippen MR) is 75.4 cm³/mol. The van der Waals surface area contributed by atoms with E-state index in [1.807, 2.05) is 6.07 Å². The molecule has 0 fully saturated rings. The average Bonchev–Trinajstić information content (AvgIpc) is 2.96. The Morgan fingerprint density at radius 1 is 1.25 bits per heavy atom. The lowest BCUT2D eigenvalue weighted by molar-refractivity contribution is 0.178. The Labute approximate surface area is 117 Å². The van der Waals surface area contributed by atoms with Gasteiger partial charge in [-0.05, 0) is 6.42 Å². The molecule has 0 bridgehead atoms. The van der Waals surface area contributed by atoms with Gasteiger partial charge < -0.3 is 19.9 Å². The van der Waals surface area contributed by atoms with E-state index in [0.717, 1.165) is 30.4 Å². The molecule has 0 unspecified atom stereocenters. The highest BCUT2D eigenvalue weighted by Gasteiger charge is 2.05. The van der Waals surface area contributed by atoms with Gasteiger partial charge in [-0.2, -0.15) is 0 Å². The van der Waals surface area contributed by atoms with Gasteiger partial charge in [0.05, 0.1) is 12.7 Å². The van der Waals surface area contributed by atoms with Crippen LogP contribution in [0.3, 0.4) is 0 Å². The van der Waals surface area contributed by atoms with Crippen molar-refractivity contribution in [3.05, 3.63) is 29.9 Å². The van der Waals surface area contributed by atoms with Crippen LogP contribution in [-0.4, -0.2) is 28.8 Å². The quantitative estimate of drug-likeness (QED) is 0.763. The predicted octanol–water partition coefficient (Wildman–Crippen LogP) is 2.04. The summed E-state index contributed by atoms with van der Waals surface area (Å²) in [7, 11) is 1.62. The molecular formula is C13H19N5O2. The Kier molecular flexibility index (Phi) is 5.31. The first-order valence-electron chi connectivity index (χ1n) is 6.56. The molecule has 0 aliphatic carbocycles. The van der Waals surface area contributed by atoms with Crippen molar-refractivity contribution in [1.82, 2.24) is 15.1 Å². The topological polar surface area (TPSA) is 85.1 Å². The number of nitrogens with zero attached hydrogens (tertiary/aromatic N) is 3. The van der Waals surface area contributed by atoms with Crippen molar-refractivity contribution in [3.63, 3.8) is 0 Å². The van der Waals surface area contributed by atoms with Gasteiger partial charge in [0.15, 0.2) is 11.6 Å². The largest absolute Gasteiger partial charge is 0.377 e. The van der Waals surface area contributed by atoms with Crippen LogP contribution in [0.2, 0.25) is 0 Å². The number of rotatable bonds is 8. The minimum Gasteiger partial charge on any atom is -0.377 e. The number of ether oxygens (including phenoxy) is 1. The number of anilines is 2. The third-order valence-corrected chi connectivity index (χ3v) is 2.54. The smallest absolute Gasteiger partial charge is 0.158 e. The summed E-state index contributed by atoms with van der Waals surface area (Å²) in [6.45, 7) is 3.87. The Morgan fingerprint density at radius 3 is 2.70 bits per heavy atom. The Morgan fingerprint density at radius 2 is 2.05 bits per heavy atom. The molecule has 2 rings (SSSR count). The maximum Gasteiger partial charge on any atom is 0.158 e. The van der Waals surface area contributed by atoms with Crippen LogP contribution in [0.4, 0.5) is 11.6 Å². The first kappa shape index (κ1) is 14.3. The molecule has 20 heavy (non-hydrogen) atoms. The number of methoxy groups -OCH3 is 1. The molecule has 0 spiro atoms. The van der Waals surface area contributed by atoms with Crippen LogP contribution in [-0.2, 0) is 17.9 Å². The van der Waals surface area contributed by atoms with Crippen molar-refractivity contribution in [2.45, 2.75) is 26.5 Å². The second-order valence-corrected chi connectivity index (χ2v) is 4.25. The van der Waals surface area contributed by atoms with Gasteiger partial charge in [0.2, 0.25) is 0 Å². The van der Waals surface area contributed by atoms with E-state index in [-0.39, 0.29) is 0 Å². The van der Waals surface area contributed by atoms with Crippen LogP contribution < -0.4 is 10.6 Å². The summed E-state index contributed by atoms with van der Waals surface area (Å²) in [5.41, 5.74) is 0. The van der Waals surface area contributed by atoms with Crippen LogP contribution >= 0.6 is 0 Å². The van der Waals surface area contributed by atoms with E-state index in [4.69, 9.17) is 9.26 Å². The fourth-order valence-electron chi connectivity index (χ4n) is 1.64. The Balaban J connectivity index is 2.06. The molecule has 0 aliphatic heterocycles. The number of nitrogens with one attached hydrogen (secondary N) is 2. The molecule has 2 N–H and O–H groups in total. The lowest BCUT2D eigenvalue weighted by Crippen LogP contribution is -2.09. The molecule has 7 heteroatoms. The molecule has 0 aliphatic rings. The molecule has 0 saturated heterocycles. The summed E-state index contributed by atoms with van der Waals surface area (Å²) >= 11 is 0. The monoisotopic (exact) mass is 277 g/mol. The molecule has 0 saturated carbocycles. The zero-order chi connectivity index (χ0) is 14.2. The SMILES string of the molecule is CCCNc1cc(NCc2ccno2)nc(COC)n1. The maximum atomic E-state index is 5.08. The molecule has 108 valence electrons. The first-order valence-corrected chi connectivity index (χ1v) is 6.56. The van der Waals surface area contributed by atoms with Gasteiger partial charge in [0, 0.05) is 25.8 Å². The van der Waals surface area contributed by atoms with Crippen LogP contribution in [0.15, 0.2) is 22.9 Å². The third-order valence-electron chi connectivity index (χ3n) is 2.54. The molecule has 2 heterocycles. The molecule has 0 aromatic carbocycles. The van der Waals surface area contributed by atoms with Crippen molar-refractivity contribution in [3.8, 4) is 0 Å². The van der Waals surface area contributed by atoms with Crippen molar-refractivity contribution >= 4 is 11.6 Å². The van der Waals surface area contributed by atoms with Crippen LogP contribution in [0, 0.1) is 0 Å². The van der Waals surface area contributed by atoms with Crippen molar-refractivity contribution in [2.75, 3.05) is 24.3 Å². The molecule has 0 radical (unpaired) electrons. The van der Waals surface area contributed by atoms with Gasteiger partial charge in [0.25, 0.3) is 0 Å². The third kappa shape index (κ3) is 4.20. The Bertz CT molecular complexity index is 515. The van der Waals surface area contributed by atoms with E-state index in [0.29, 0.717) is 19.0 Å². The highest BCUT2D eigenvalue weighted by molar-refractivity contribution is 5.47. The minimum atomic E-state index is 0.374. The summed E-state index contributed by atoms with van der Waals surface area (Å²) < 4.78 is 10.1. The van der Waals surface area contributed by atoms with Crippen molar-refractivity contribution in [2.24, 2.45) is 0 Å². The second-order valence-electron chi connectivity index (χ2n) is 4.25. The van der Waals surface area contributed by atoms with Gasteiger partial charge in [-0.15, -0.1) is 0 Å². The number of aromatic nitrogens is 3. The number of hydrogen-bond acceptors (Lipinski definition) is 7. The summed E-state index contributed by atoms with van der Waals surface area (Å²) in [5.74, 6) is 2.89. The van der Waals surface area contributed by atoms with E-state index < -0.39 is 0 Å². The second kappa shape index (κ2) is 7.44. The molecule has 2 aromatic rings. The molecular weight excluding hydrogens is 258 g/mol. The molecule has 7 nitrogen and oxygen atoms in total. The summed E-state index contributed by atoms with van der Waals surface area (Å²) in [5, 5.41) is 10.1. The first-order chi connectivity index (χ1) is 9.81. The van der Waals surface area contributed by atoms with Crippen LogP contribution in [0.25, 0.3) is 0 Å². The summed E-state index contributed by atoms with van der Waals surface area (Å²) in [6.07, 6.45) is 2.64. The van der Waals surface area contributed by atoms with Gasteiger partial charge in [-0.1, -0.05) is 12.1 Å². The Hall–Kier alpha value is -2.15. The average molecular weight is 277 g/mol. The fraction of sp³-hybridized carbons (Fsp3) is 0.462. The molecule has 0 amide bonds. The van der Waals surface area contributed by atoms with E-state index in [9.17, 15) is 0 Å². The maximum absolute atomic E-state index is 5.08. The molecule has 0 atom stereocenters. The van der Waals surface area contributed by atoms with Crippen molar-refractivity contribution in [1.29, 1.82) is 0 Å². The van der Waals surface area contributed by atoms with E-state index in [2.05, 4.69) is 32.7 Å². The fourth-order valence-corrected chi connectivity index (χ4v) is 1.64. The minimum absolute atomic E-state index is 0.374. The standard InChI is InChI=1S/C13H19N5O2/c1-3-5-14-11-7-12(18-13(17-11)9-19-2)15-8-10-4-6-16-20-10/h4,6-7H,3,5,8-9H2,1-2H3,(H2,14,15,17,18). The summed E-state index contributed by atoms with van der Waals surface area (Å²) in [4.78, 5) is 8.76. The summed E-state index contributed by atoms with van der Waals surface area (Å²) in [6, 6.07) is 3.67. The lowest BCUT2D eigenvalue weighted by atomic mass is 10.4. The van der Waals surface area contributed by atoms with Crippen LogP contribution in [0.5, 0.6) is 0 Å². The lowest BCUT2D eigenvalue weighted by Gasteiger charge is -2.10. The van der Waals surface area contributed by atoms with Gasteiger partial charge in [-0.3, -0.25) is 0 Å². The van der Waals surface area contributed by atoms with Gasteiger partial charge in [0.1, 0.15) is 18.2 Å². The molecule has 2 aromatic heterocycles. The highest BCUT2D eigenvalue weighted by atomic mass is 16.5. The van der Waals surface area contributed by atoms with E-state index in [1.165, 1.54) is 0 Å². The van der Waals surface area contributed by atoms with Crippen LogP contribution in [0.1, 0.15) is 24.9 Å². The zero-order valence-electron chi connectivity index (χ0n) is 11.7. The number of hydrogen-bond donors (Lipinski definition) is 2. The van der Waals surface area contributed by atoms with E-state index in [1.54, 1.807) is 19.4 Å². The normalized spacial score (nSPS) is 10.5. The highest BCUT2D eigenvalue weighted by Crippen LogP contribution is 2.13. The van der Waals surface area contributed by atoms with E-state index >= 15 is 0 Å². The van der Waals surface area contributed by atoms with Gasteiger partial charge >= 0.3 is 0 Å². The zero-order valence-corrected chi connectivity index (χ0v) is 11.7. The van der Waals surface area contributed by atoms with Crippen molar-refractivity contribution < 1.29 is 9.26 Å². The van der Waals surface area contributed by atoms with Gasteiger partial charge in [-0.25, -0.2) is 9.97 Å².